The van der Waals surface area contributed by atoms with E-state index in [1.54, 1.807) is 24.0 Å². The number of carbonyl (C=O) groups is 2. The first-order valence-corrected chi connectivity index (χ1v) is 5.64. The number of nitrogens with zero attached hydrogens (tertiary/aromatic N) is 1. The molecule has 0 fully saturated rings. The van der Waals surface area contributed by atoms with Gasteiger partial charge in [-0.05, 0) is 44.5 Å². The lowest BCUT2D eigenvalue weighted by atomic mass is 10.0. The quantitative estimate of drug-likeness (QED) is 0.870. The maximum absolute atomic E-state index is 12.0. The molecular formula is C13H17NO3. The van der Waals surface area contributed by atoms with Crippen LogP contribution in [-0.2, 0) is 0 Å². The Labute approximate surface area is 101 Å². The highest BCUT2D eigenvalue weighted by Gasteiger charge is 2.14. The van der Waals surface area contributed by atoms with Crippen LogP contribution in [0.15, 0.2) is 18.2 Å². The van der Waals surface area contributed by atoms with E-state index in [1.165, 1.54) is 6.07 Å². The summed E-state index contributed by atoms with van der Waals surface area (Å²) in [6.07, 6.45) is 0. The SMILES string of the molecule is CCN(CC)C(=O)c1ccc(C(=O)O)c(C)c1. The first-order chi connectivity index (χ1) is 8.01. The van der Waals surface area contributed by atoms with Gasteiger partial charge in [0.1, 0.15) is 0 Å². The Morgan fingerprint density at radius 3 is 2.24 bits per heavy atom. The van der Waals surface area contributed by atoms with Crippen molar-refractivity contribution in [2.75, 3.05) is 13.1 Å². The monoisotopic (exact) mass is 235 g/mol. The van der Waals surface area contributed by atoms with Gasteiger partial charge in [-0.2, -0.15) is 0 Å². The molecular weight excluding hydrogens is 218 g/mol. The van der Waals surface area contributed by atoms with Gasteiger partial charge in [-0.3, -0.25) is 4.79 Å². The Balaban J connectivity index is 3.05. The molecule has 4 heteroatoms. The van der Waals surface area contributed by atoms with Crippen molar-refractivity contribution in [2.45, 2.75) is 20.8 Å². The van der Waals surface area contributed by atoms with Crippen molar-refractivity contribution >= 4 is 11.9 Å². The zero-order valence-corrected chi connectivity index (χ0v) is 10.4. The van der Waals surface area contributed by atoms with Gasteiger partial charge in [0.25, 0.3) is 5.91 Å². The molecule has 0 aliphatic carbocycles. The molecule has 0 aliphatic rings. The van der Waals surface area contributed by atoms with E-state index in [2.05, 4.69) is 0 Å². The zero-order chi connectivity index (χ0) is 13.0. The highest BCUT2D eigenvalue weighted by molar-refractivity contribution is 5.96. The fourth-order valence-electron chi connectivity index (χ4n) is 1.73. The van der Waals surface area contributed by atoms with E-state index in [-0.39, 0.29) is 11.5 Å². The Hall–Kier alpha value is -1.84. The Kier molecular flexibility index (Phi) is 4.26. The lowest BCUT2D eigenvalue weighted by Gasteiger charge is -2.19. The molecule has 0 saturated carbocycles. The van der Waals surface area contributed by atoms with Crippen molar-refractivity contribution in [3.8, 4) is 0 Å². The van der Waals surface area contributed by atoms with Crippen molar-refractivity contribution in [3.05, 3.63) is 34.9 Å². The molecule has 0 saturated heterocycles. The fourth-order valence-corrected chi connectivity index (χ4v) is 1.73. The summed E-state index contributed by atoms with van der Waals surface area (Å²) < 4.78 is 0. The summed E-state index contributed by atoms with van der Waals surface area (Å²) in [4.78, 5) is 24.6. The third-order valence-corrected chi connectivity index (χ3v) is 2.75. The summed E-state index contributed by atoms with van der Waals surface area (Å²) in [5.74, 6) is -1.03. The highest BCUT2D eigenvalue weighted by atomic mass is 16.4. The number of carboxylic acids is 1. The molecule has 4 nitrogen and oxygen atoms in total. The fraction of sp³-hybridized carbons (Fsp3) is 0.385. The number of aromatic carboxylic acids is 1. The second kappa shape index (κ2) is 5.48. The van der Waals surface area contributed by atoms with Crippen LogP contribution in [0.4, 0.5) is 0 Å². The Bertz CT molecular complexity index is 436. The molecule has 17 heavy (non-hydrogen) atoms. The number of amides is 1. The lowest BCUT2D eigenvalue weighted by Crippen LogP contribution is -2.30. The van der Waals surface area contributed by atoms with Crippen molar-refractivity contribution < 1.29 is 14.7 Å². The second-order valence-electron chi connectivity index (χ2n) is 3.81. The number of rotatable bonds is 4. The normalized spacial score (nSPS) is 10.1. The van der Waals surface area contributed by atoms with Gasteiger partial charge in [-0.15, -0.1) is 0 Å². The summed E-state index contributed by atoms with van der Waals surface area (Å²) in [7, 11) is 0. The number of hydrogen-bond donors (Lipinski definition) is 1. The summed E-state index contributed by atoms with van der Waals surface area (Å²) in [6.45, 7) is 6.83. The number of aryl methyl sites for hydroxylation is 1. The molecule has 92 valence electrons. The molecule has 0 bridgehead atoms. The van der Waals surface area contributed by atoms with E-state index < -0.39 is 5.97 Å². The molecule has 1 N–H and O–H groups in total. The molecule has 0 atom stereocenters. The van der Waals surface area contributed by atoms with Gasteiger partial charge in [0.2, 0.25) is 0 Å². The predicted octanol–water partition coefficient (Wildman–Crippen LogP) is 2.18. The molecule has 1 amide bonds. The maximum atomic E-state index is 12.0. The molecule has 0 heterocycles. The smallest absolute Gasteiger partial charge is 0.335 e. The van der Waals surface area contributed by atoms with E-state index in [0.29, 0.717) is 24.2 Å². The third-order valence-electron chi connectivity index (χ3n) is 2.75. The van der Waals surface area contributed by atoms with Gasteiger partial charge >= 0.3 is 5.97 Å². The first kappa shape index (κ1) is 13.2. The van der Waals surface area contributed by atoms with Crippen molar-refractivity contribution in [2.24, 2.45) is 0 Å². The largest absolute Gasteiger partial charge is 0.478 e. The van der Waals surface area contributed by atoms with Crippen LogP contribution in [0.2, 0.25) is 0 Å². The van der Waals surface area contributed by atoms with Crippen LogP contribution in [-0.4, -0.2) is 35.0 Å². The number of benzene rings is 1. The van der Waals surface area contributed by atoms with Gasteiger partial charge in [0.15, 0.2) is 0 Å². The van der Waals surface area contributed by atoms with Gasteiger partial charge in [0, 0.05) is 18.7 Å². The number of hydrogen-bond acceptors (Lipinski definition) is 2. The van der Waals surface area contributed by atoms with Crippen LogP contribution in [0, 0.1) is 6.92 Å². The van der Waals surface area contributed by atoms with Crippen molar-refractivity contribution in [1.29, 1.82) is 0 Å². The Morgan fingerprint density at radius 2 is 1.82 bits per heavy atom. The molecule has 0 aromatic heterocycles. The van der Waals surface area contributed by atoms with Crippen LogP contribution in [0.1, 0.15) is 40.1 Å². The summed E-state index contributed by atoms with van der Waals surface area (Å²) in [5.41, 5.74) is 1.38. The van der Waals surface area contributed by atoms with E-state index in [9.17, 15) is 9.59 Å². The van der Waals surface area contributed by atoms with Gasteiger partial charge in [-0.25, -0.2) is 4.79 Å². The average molecular weight is 235 g/mol. The van der Waals surface area contributed by atoms with Crippen molar-refractivity contribution in [3.63, 3.8) is 0 Å². The first-order valence-electron chi connectivity index (χ1n) is 5.64. The van der Waals surface area contributed by atoms with E-state index in [1.807, 2.05) is 13.8 Å². The van der Waals surface area contributed by atoms with E-state index in [0.717, 1.165) is 0 Å². The summed E-state index contributed by atoms with van der Waals surface area (Å²) in [6, 6.07) is 4.68. The van der Waals surface area contributed by atoms with Gasteiger partial charge < -0.3 is 10.0 Å². The van der Waals surface area contributed by atoms with Crippen LogP contribution < -0.4 is 0 Å². The van der Waals surface area contributed by atoms with Crippen LogP contribution in [0.5, 0.6) is 0 Å². The molecule has 1 rings (SSSR count). The minimum absolute atomic E-state index is 0.0601. The second-order valence-corrected chi connectivity index (χ2v) is 3.81. The molecule has 0 aliphatic heterocycles. The third kappa shape index (κ3) is 2.84. The molecule has 0 unspecified atom stereocenters. The summed E-state index contributed by atoms with van der Waals surface area (Å²) >= 11 is 0. The van der Waals surface area contributed by atoms with Crippen LogP contribution in [0.3, 0.4) is 0 Å². The topological polar surface area (TPSA) is 57.6 Å². The van der Waals surface area contributed by atoms with E-state index >= 15 is 0 Å². The predicted molar refractivity (Wildman–Crippen MR) is 65.4 cm³/mol. The minimum Gasteiger partial charge on any atom is -0.478 e. The molecule has 1 aromatic rings. The van der Waals surface area contributed by atoms with Crippen LogP contribution in [0.25, 0.3) is 0 Å². The lowest BCUT2D eigenvalue weighted by molar-refractivity contribution is 0.0693. The van der Waals surface area contributed by atoms with Gasteiger partial charge in [-0.1, -0.05) is 0 Å². The molecule has 1 aromatic carbocycles. The number of carboxylic acid groups (broad SMARTS) is 1. The Morgan fingerprint density at radius 1 is 1.24 bits per heavy atom. The molecule has 0 spiro atoms. The average Bonchev–Trinajstić information content (AvgIpc) is 2.29. The zero-order valence-electron chi connectivity index (χ0n) is 10.4. The van der Waals surface area contributed by atoms with Crippen LogP contribution >= 0.6 is 0 Å². The van der Waals surface area contributed by atoms with Crippen molar-refractivity contribution in [1.82, 2.24) is 4.90 Å². The van der Waals surface area contributed by atoms with Gasteiger partial charge in [0.05, 0.1) is 5.56 Å². The highest BCUT2D eigenvalue weighted by Crippen LogP contribution is 2.13. The number of carbonyl (C=O) groups excluding carboxylic acids is 1. The van der Waals surface area contributed by atoms with E-state index in [4.69, 9.17) is 5.11 Å². The summed E-state index contributed by atoms with van der Waals surface area (Å²) in [5, 5.41) is 8.90. The molecule has 0 radical (unpaired) electrons. The minimum atomic E-state index is -0.968. The standard InChI is InChI=1S/C13H17NO3/c1-4-14(5-2)12(15)10-6-7-11(13(16)17)9(3)8-10/h6-8H,4-5H2,1-3H3,(H,16,17). The maximum Gasteiger partial charge on any atom is 0.335 e.